The molecule has 0 radical (unpaired) electrons. The summed E-state index contributed by atoms with van der Waals surface area (Å²) in [6.45, 7) is 0. The lowest BCUT2D eigenvalue weighted by atomic mass is 10.1. The van der Waals surface area contributed by atoms with E-state index in [1.807, 2.05) is 0 Å². The number of nitrogens with two attached hydrogens (primary N) is 1. The molecule has 0 aromatic rings. The van der Waals surface area contributed by atoms with Crippen molar-refractivity contribution in [2.75, 3.05) is 0 Å². The van der Waals surface area contributed by atoms with Crippen LogP contribution in [0.4, 0.5) is 13.2 Å². The van der Waals surface area contributed by atoms with Gasteiger partial charge in [-0.2, -0.15) is 13.2 Å². The standard InChI is InChI=1S/C8H15F3N2O2S/c9-8(10,11)16(14,15)13-7-5-3-1-2-4-6(7)12/h6-7,13H,1-5,12H2. The predicted molar refractivity (Wildman–Crippen MR) is 53.0 cm³/mol. The maximum atomic E-state index is 12.1. The lowest BCUT2D eigenvalue weighted by Gasteiger charge is -2.23. The van der Waals surface area contributed by atoms with Gasteiger partial charge in [-0.25, -0.2) is 13.1 Å². The highest BCUT2D eigenvalue weighted by atomic mass is 32.2. The van der Waals surface area contributed by atoms with Crippen molar-refractivity contribution in [1.82, 2.24) is 4.72 Å². The van der Waals surface area contributed by atoms with Gasteiger partial charge in [0.25, 0.3) is 0 Å². The van der Waals surface area contributed by atoms with Crippen molar-refractivity contribution in [2.45, 2.75) is 49.7 Å². The zero-order valence-electron chi connectivity index (χ0n) is 8.63. The van der Waals surface area contributed by atoms with Gasteiger partial charge in [0, 0.05) is 12.1 Å². The van der Waals surface area contributed by atoms with Gasteiger partial charge in [-0.15, -0.1) is 0 Å². The number of nitrogens with one attached hydrogen (secondary N) is 1. The first-order valence-electron chi connectivity index (χ1n) is 5.08. The molecule has 1 aliphatic rings. The van der Waals surface area contributed by atoms with E-state index in [-0.39, 0.29) is 0 Å². The molecule has 2 unspecified atom stereocenters. The van der Waals surface area contributed by atoms with Crippen molar-refractivity contribution in [2.24, 2.45) is 5.73 Å². The van der Waals surface area contributed by atoms with Gasteiger partial charge in [0.05, 0.1) is 0 Å². The topological polar surface area (TPSA) is 72.2 Å². The quantitative estimate of drug-likeness (QED) is 0.730. The Bertz CT molecular complexity index is 329. The van der Waals surface area contributed by atoms with E-state index in [0.29, 0.717) is 19.3 Å². The maximum absolute atomic E-state index is 12.1. The van der Waals surface area contributed by atoms with E-state index in [2.05, 4.69) is 0 Å². The number of alkyl halides is 3. The SMILES string of the molecule is NC1CCCCCC1NS(=O)(=O)C(F)(F)F. The molecular formula is C8H15F3N2O2S. The number of halogens is 3. The van der Waals surface area contributed by atoms with Crippen LogP contribution >= 0.6 is 0 Å². The van der Waals surface area contributed by atoms with Crippen LogP contribution in [0.3, 0.4) is 0 Å². The van der Waals surface area contributed by atoms with Crippen molar-refractivity contribution in [3.05, 3.63) is 0 Å². The van der Waals surface area contributed by atoms with Gasteiger partial charge >= 0.3 is 15.5 Å². The normalized spacial score (nSPS) is 28.8. The summed E-state index contributed by atoms with van der Waals surface area (Å²) in [6.07, 6.45) is 3.30. The molecule has 1 aliphatic carbocycles. The van der Waals surface area contributed by atoms with Crippen molar-refractivity contribution in [3.8, 4) is 0 Å². The van der Waals surface area contributed by atoms with E-state index in [0.717, 1.165) is 12.8 Å². The molecule has 1 fully saturated rings. The molecule has 1 rings (SSSR count). The average Bonchev–Trinajstić information content (AvgIpc) is 2.30. The maximum Gasteiger partial charge on any atom is 0.511 e. The Balaban J connectivity index is 2.72. The summed E-state index contributed by atoms with van der Waals surface area (Å²) in [5, 5.41) is 0. The number of sulfonamides is 1. The molecule has 0 aliphatic heterocycles. The molecule has 0 aromatic carbocycles. The second-order valence-corrected chi connectivity index (χ2v) is 5.68. The third kappa shape index (κ3) is 3.33. The van der Waals surface area contributed by atoms with Gasteiger partial charge < -0.3 is 5.73 Å². The summed E-state index contributed by atoms with van der Waals surface area (Å²) in [6, 6.07) is -1.35. The Morgan fingerprint density at radius 3 is 2.25 bits per heavy atom. The molecule has 4 nitrogen and oxygen atoms in total. The number of hydrogen-bond donors (Lipinski definition) is 2. The molecule has 3 N–H and O–H groups in total. The molecule has 0 spiro atoms. The van der Waals surface area contributed by atoms with Crippen LogP contribution in [0.25, 0.3) is 0 Å². The van der Waals surface area contributed by atoms with Crippen LogP contribution < -0.4 is 10.5 Å². The van der Waals surface area contributed by atoms with Gasteiger partial charge in [-0.1, -0.05) is 19.3 Å². The van der Waals surface area contributed by atoms with Gasteiger partial charge in [0.1, 0.15) is 0 Å². The fourth-order valence-corrected chi connectivity index (χ4v) is 2.57. The summed E-state index contributed by atoms with van der Waals surface area (Å²) in [5.41, 5.74) is 0.370. The van der Waals surface area contributed by atoms with Crippen LogP contribution in [0.15, 0.2) is 0 Å². The molecule has 8 heteroatoms. The lowest BCUT2D eigenvalue weighted by Crippen LogP contribution is -2.50. The van der Waals surface area contributed by atoms with Crippen LogP contribution in [-0.4, -0.2) is 26.0 Å². The highest BCUT2D eigenvalue weighted by molar-refractivity contribution is 7.90. The van der Waals surface area contributed by atoms with Crippen molar-refractivity contribution < 1.29 is 21.6 Å². The van der Waals surface area contributed by atoms with Crippen molar-refractivity contribution >= 4 is 10.0 Å². The average molecular weight is 260 g/mol. The van der Waals surface area contributed by atoms with Crippen LogP contribution in [0, 0.1) is 0 Å². The minimum absolute atomic E-state index is 0.358. The lowest BCUT2D eigenvalue weighted by molar-refractivity contribution is -0.0451. The molecular weight excluding hydrogens is 245 g/mol. The van der Waals surface area contributed by atoms with E-state index in [1.54, 1.807) is 4.72 Å². The first kappa shape index (κ1) is 13.7. The van der Waals surface area contributed by atoms with Gasteiger partial charge in [-0.05, 0) is 12.8 Å². The molecule has 16 heavy (non-hydrogen) atoms. The van der Waals surface area contributed by atoms with Gasteiger partial charge in [-0.3, -0.25) is 0 Å². The highest BCUT2D eigenvalue weighted by Gasteiger charge is 2.47. The van der Waals surface area contributed by atoms with E-state index >= 15 is 0 Å². The van der Waals surface area contributed by atoms with Crippen LogP contribution in [-0.2, 0) is 10.0 Å². The number of hydrogen-bond acceptors (Lipinski definition) is 3. The summed E-state index contributed by atoms with van der Waals surface area (Å²) < 4.78 is 59.8. The van der Waals surface area contributed by atoms with Crippen molar-refractivity contribution in [3.63, 3.8) is 0 Å². The molecule has 1 saturated carbocycles. The van der Waals surface area contributed by atoms with Crippen molar-refractivity contribution in [1.29, 1.82) is 0 Å². The highest BCUT2D eigenvalue weighted by Crippen LogP contribution is 2.24. The fourth-order valence-electron chi connectivity index (χ4n) is 1.75. The Hall–Kier alpha value is -0.340. The summed E-state index contributed by atoms with van der Waals surface area (Å²) >= 11 is 0. The zero-order chi connectivity index (χ0) is 12.4. The van der Waals surface area contributed by atoms with E-state index in [1.165, 1.54) is 0 Å². The first-order valence-corrected chi connectivity index (χ1v) is 6.56. The third-order valence-corrected chi connectivity index (χ3v) is 3.90. The molecule has 0 saturated heterocycles. The Morgan fingerprint density at radius 1 is 1.12 bits per heavy atom. The smallest absolute Gasteiger partial charge is 0.326 e. The van der Waals surface area contributed by atoms with E-state index in [4.69, 9.17) is 5.73 Å². The second kappa shape index (κ2) is 4.89. The minimum atomic E-state index is -5.28. The summed E-state index contributed by atoms with van der Waals surface area (Å²) in [4.78, 5) is 0. The molecule has 0 amide bonds. The molecule has 0 heterocycles. The first-order chi connectivity index (χ1) is 7.24. The molecule has 0 aromatic heterocycles. The summed E-state index contributed by atoms with van der Waals surface area (Å²) in [7, 11) is -5.28. The fraction of sp³-hybridized carbons (Fsp3) is 1.00. The molecule has 96 valence electrons. The van der Waals surface area contributed by atoms with Crippen LogP contribution in [0.1, 0.15) is 32.1 Å². The zero-order valence-corrected chi connectivity index (χ0v) is 9.44. The van der Waals surface area contributed by atoms with Gasteiger partial charge in [0.15, 0.2) is 0 Å². The third-order valence-electron chi connectivity index (χ3n) is 2.68. The van der Waals surface area contributed by atoms with Gasteiger partial charge in [0.2, 0.25) is 0 Å². The Labute approximate surface area is 92.4 Å². The van der Waals surface area contributed by atoms with E-state index in [9.17, 15) is 21.6 Å². The largest absolute Gasteiger partial charge is 0.511 e. The predicted octanol–water partition coefficient (Wildman–Crippen LogP) is 1.09. The summed E-state index contributed by atoms with van der Waals surface area (Å²) in [5.74, 6) is 0. The Morgan fingerprint density at radius 2 is 1.69 bits per heavy atom. The monoisotopic (exact) mass is 260 g/mol. The minimum Gasteiger partial charge on any atom is -0.326 e. The molecule has 2 atom stereocenters. The number of rotatable bonds is 2. The van der Waals surface area contributed by atoms with E-state index < -0.39 is 27.6 Å². The second-order valence-electron chi connectivity index (χ2n) is 3.98. The van der Waals surface area contributed by atoms with Crippen LogP contribution in [0.5, 0.6) is 0 Å². The Kier molecular flexibility index (Phi) is 4.19. The molecule has 0 bridgehead atoms. The van der Waals surface area contributed by atoms with Crippen LogP contribution in [0.2, 0.25) is 0 Å².